The van der Waals surface area contributed by atoms with Gasteiger partial charge < -0.3 is 14.7 Å². The molecule has 1 aliphatic heterocycles. The maximum absolute atomic E-state index is 11.9. The summed E-state index contributed by atoms with van der Waals surface area (Å²) in [5, 5.41) is 9.84. The molecule has 0 aromatic heterocycles. The fraction of sp³-hybridized carbons (Fsp3) is 0.923. The van der Waals surface area contributed by atoms with Crippen LogP contribution in [0.1, 0.15) is 39.5 Å². The van der Waals surface area contributed by atoms with E-state index in [4.69, 9.17) is 4.74 Å². The van der Waals surface area contributed by atoms with Gasteiger partial charge in [0.15, 0.2) is 0 Å². The van der Waals surface area contributed by atoms with Crippen molar-refractivity contribution in [3.63, 3.8) is 0 Å². The molecule has 0 spiro atoms. The van der Waals surface area contributed by atoms with Crippen LogP contribution in [-0.2, 0) is 9.53 Å². The van der Waals surface area contributed by atoms with Crippen LogP contribution in [0.4, 0.5) is 0 Å². The monoisotopic (exact) mass is 241 g/mol. The van der Waals surface area contributed by atoms with Gasteiger partial charge in [-0.25, -0.2) is 0 Å². The van der Waals surface area contributed by atoms with Crippen LogP contribution in [-0.4, -0.2) is 47.3 Å². The number of hydrogen-bond donors (Lipinski definition) is 1. The van der Waals surface area contributed by atoms with Gasteiger partial charge >= 0.3 is 0 Å². The third-order valence-electron chi connectivity index (χ3n) is 4.04. The number of carbonyl (C=O) groups excluding carboxylic acids is 1. The first-order chi connectivity index (χ1) is 8.06. The summed E-state index contributed by atoms with van der Waals surface area (Å²) in [6.07, 6.45) is 3.77. The van der Waals surface area contributed by atoms with Crippen molar-refractivity contribution in [2.45, 2.75) is 51.2 Å². The lowest BCUT2D eigenvalue weighted by Gasteiger charge is -2.47. The molecule has 0 unspecified atom stereocenters. The van der Waals surface area contributed by atoms with Crippen LogP contribution >= 0.6 is 0 Å². The van der Waals surface area contributed by atoms with E-state index in [0.29, 0.717) is 31.5 Å². The lowest BCUT2D eigenvalue weighted by atomic mass is 9.79. The first-order valence-electron chi connectivity index (χ1n) is 6.68. The summed E-state index contributed by atoms with van der Waals surface area (Å²) in [7, 11) is 0. The Morgan fingerprint density at radius 1 is 1.41 bits per heavy atom. The number of hydrogen-bond acceptors (Lipinski definition) is 3. The molecule has 1 amide bonds. The zero-order valence-electron chi connectivity index (χ0n) is 10.8. The maximum atomic E-state index is 11.9. The maximum Gasteiger partial charge on any atom is 0.223 e. The molecule has 1 N–H and O–H groups in total. The van der Waals surface area contributed by atoms with Crippen LogP contribution in [0, 0.1) is 5.92 Å². The largest absolute Gasteiger partial charge is 0.386 e. The second kappa shape index (κ2) is 4.94. The van der Waals surface area contributed by atoms with E-state index in [0.717, 1.165) is 25.9 Å². The topological polar surface area (TPSA) is 49.8 Å². The van der Waals surface area contributed by atoms with Crippen molar-refractivity contribution in [1.82, 2.24) is 4.90 Å². The summed E-state index contributed by atoms with van der Waals surface area (Å²) < 4.78 is 5.48. The standard InChI is InChI=1S/C13H23NO3/c1-3-13(16)8-14(9-13)12(15)7-10-5-11(6-10)17-4-2/h10-11,16H,3-9H2,1-2H3. The Hall–Kier alpha value is -0.610. The molecule has 1 aliphatic carbocycles. The highest BCUT2D eigenvalue weighted by Gasteiger charge is 2.43. The third-order valence-corrected chi connectivity index (χ3v) is 4.04. The Morgan fingerprint density at radius 2 is 2.06 bits per heavy atom. The Labute approximate surface area is 103 Å². The van der Waals surface area contributed by atoms with Gasteiger partial charge in [-0.2, -0.15) is 0 Å². The Morgan fingerprint density at radius 3 is 2.59 bits per heavy atom. The molecule has 1 saturated heterocycles. The van der Waals surface area contributed by atoms with Crippen LogP contribution in [0.2, 0.25) is 0 Å². The number of carbonyl (C=O) groups is 1. The molecular formula is C13H23NO3. The molecule has 1 heterocycles. The number of β-amino-alcohol motifs (C(OH)–C–C–N with tert-alkyl or cyclic N) is 1. The normalized spacial score (nSPS) is 30.6. The molecular weight excluding hydrogens is 218 g/mol. The molecule has 0 aromatic carbocycles. The van der Waals surface area contributed by atoms with E-state index in [1.807, 2.05) is 13.8 Å². The summed E-state index contributed by atoms with van der Waals surface area (Å²) >= 11 is 0. The van der Waals surface area contributed by atoms with E-state index < -0.39 is 5.60 Å². The van der Waals surface area contributed by atoms with Gasteiger partial charge in [-0.05, 0) is 32.1 Å². The molecule has 4 heteroatoms. The van der Waals surface area contributed by atoms with Gasteiger partial charge in [0.05, 0.1) is 24.8 Å². The van der Waals surface area contributed by atoms with Crippen LogP contribution in [0.5, 0.6) is 0 Å². The van der Waals surface area contributed by atoms with E-state index >= 15 is 0 Å². The van der Waals surface area contributed by atoms with Gasteiger partial charge in [0, 0.05) is 13.0 Å². The van der Waals surface area contributed by atoms with Gasteiger partial charge in [-0.15, -0.1) is 0 Å². The molecule has 0 radical (unpaired) electrons. The number of nitrogens with zero attached hydrogens (tertiary/aromatic N) is 1. The molecule has 0 atom stereocenters. The average Bonchev–Trinajstić information content (AvgIpc) is 2.21. The smallest absolute Gasteiger partial charge is 0.223 e. The lowest BCUT2D eigenvalue weighted by molar-refractivity contribution is -0.158. The van der Waals surface area contributed by atoms with E-state index in [2.05, 4.69) is 0 Å². The number of ether oxygens (including phenoxy) is 1. The Kier molecular flexibility index (Phi) is 3.73. The molecule has 2 aliphatic rings. The summed E-state index contributed by atoms with van der Waals surface area (Å²) in [5.41, 5.74) is -0.608. The van der Waals surface area contributed by atoms with E-state index in [1.165, 1.54) is 0 Å². The van der Waals surface area contributed by atoms with E-state index in [-0.39, 0.29) is 5.91 Å². The van der Waals surface area contributed by atoms with E-state index in [9.17, 15) is 9.90 Å². The SMILES string of the molecule is CCOC1CC(CC(=O)N2CC(O)(CC)C2)C1. The van der Waals surface area contributed by atoms with Crippen molar-refractivity contribution in [2.75, 3.05) is 19.7 Å². The Balaban J connectivity index is 1.64. The zero-order chi connectivity index (χ0) is 12.5. The number of amides is 1. The molecule has 4 nitrogen and oxygen atoms in total. The minimum absolute atomic E-state index is 0.197. The molecule has 1 saturated carbocycles. The first-order valence-corrected chi connectivity index (χ1v) is 6.68. The predicted octanol–water partition coefficient (Wildman–Crippen LogP) is 1.17. The number of aliphatic hydroxyl groups is 1. The number of rotatable bonds is 5. The summed E-state index contributed by atoms with van der Waals surface area (Å²) in [4.78, 5) is 13.6. The van der Waals surface area contributed by atoms with Crippen LogP contribution in [0.15, 0.2) is 0 Å². The van der Waals surface area contributed by atoms with Crippen molar-refractivity contribution in [3.05, 3.63) is 0 Å². The van der Waals surface area contributed by atoms with Gasteiger partial charge in [0.1, 0.15) is 0 Å². The summed E-state index contributed by atoms with van der Waals surface area (Å²) in [6, 6.07) is 0. The highest BCUT2D eigenvalue weighted by atomic mass is 16.5. The van der Waals surface area contributed by atoms with Crippen LogP contribution in [0.25, 0.3) is 0 Å². The fourth-order valence-corrected chi connectivity index (χ4v) is 2.65. The zero-order valence-corrected chi connectivity index (χ0v) is 10.8. The predicted molar refractivity (Wildman–Crippen MR) is 64.6 cm³/mol. The fourth-order valence-electron chi connectivity index (χ4n) is 2.65. The van der Waals surface area contributed by atoms with Crippen molar-refractivity contribution in [3.8, 4) is 0 Å². The quantitative estimate of drug-likeness (QED) is 0.786. The summed E-state index contributed by atoms with van der Waals surface area (Å²) in [5.74, 6) is 0.692. The second-order valence-corrected chi connectivity index (χ2v) is 5.45. The van der Waals surface area contributed by atoms with Gasteiger partial charge in [-0.1, -0.05) is 6.92 Å². The molecule has 17 heavy (non-hydrogen) atoms. The first kappa shape index (κ1) is 12.8. The lowest BCUT2D eigenvalue weighted by Crippen LogP contribution is -2.63. The highest BCUT2D eigenvalue weighted by molar-refractivity contribution is 5.77. The second-order valence-electron chi connectivity index (χ2n) is 5.45. The molecule has 98 valence electrons. The molecule has 0 bridgehead atoms. The van der Waals surface area contributed by atoms with Crippen molar-refractivity contribution in [1.29, 1.82) is 0 Å². The minimum atomic E-state index is -0.608. The molecule has 2 fully saturated rings. The van der Waals surface area contributed by atoms with Crippen LogP contribution in [0.3, 0.4) is 0 Å². The summed E-state index contributed by atoms with van der Waals surface area (Å²) in [6.45, 7) is 5.76. The minimum Gasteiger partial charge on any atom is -0.386 e. The van der Waals surface area contributed by atoms with Crippen molar-refractivity contribution in [2.24, 2.45) is 5.92 Å². The van der Waals surface area contributed by atoms with Crippen molar-refractivity contribution < 1.29 is 14.6 Å². The average molecular weight is 241 g/mol. The molecule has 0 aromatic rings. The van der Waals surface area contributed by atoms with Gasteiger partial charge in [0.2, 0.25) is 5.91 Å². The van der Waals surface area contributed by atoms with Gasteiger partial charge in [0.25, 0.3) is 0 Å². The van der Waals surface area contributed by atoms with Crippen LogP contribution < -0.4 is 0 Å². The van der Waals surface area contributed by atoms with Crippen molar-refractivity contribution >= 4 is 5.91 Å². The highest BCUT2D eigenvalue weighted by Crippen LogP contribution is 2.34. The molecule has 2 rings (SSSR count). The van der Waals surface area contributed by atoms with E-state index in [1.54, 1.807) is 4.90 Å². The third kappa shape index (κ3) is 2.80. The van der Waals surface area contributed by atoms with Gasteiger partial charge in [-0.3, -0.25) is 4.79 Å². The number of likely N-dealkylation sites (tertiary alicyclic amines) is 1. The Bertz CT molecular complexity index is 280.